The average molecular weight is 713 g/mol. The van der Waals surface area contributed by atoms with Crippen LogP contribution in [0.25, 0.3) is 33.4 Å². The van der Waals surface area contributed by atoms with E-state index in [9.17, 15) is 53.1 Å². The predicted molar refractivity (Wildman–Crippen MR) is 177 cm³/mol. The number of carbonyl (C=O) groups is 2. The molecule has 0 spiro atoms. The largest absolute Gasteiger partial charge is 0.505 e. The number of anilines is 2. The maximum Gasteiger partial charge on any atom is 0.323 e. The lowest BCUT2D eigenvalue weighted by Crippen LogP contribution is -2.33. The van der Waals surface area contributed by atoms with Gasteiger partial charge in [0, 0.05) is 47.8 Å². The minimum atomic E-state index is -1.23. The van der Waals surface area contributed by atoms with Crippen molar-refractivity contribution in [2.24, 2.45) is 0 Å². The number of fused-ring (bicyclic) bond motifs is 2. The van der Waals surface area contributed by atoms with Crippen molar-refractivity contribution in [3.05, 3.63) is 88.3 Å². The van der Waals surface area contributed by atoms with Crippen LogP contribution in [0.5, 0.6) is 17.2 Å². The number of ether oxygens (including phenoxy) is 2. The van der Waals surface area contributed by atoms with Crippen molar-refractivity contribution in [3.63, 3.8) is 0 Å². The van der Waals surface area contributed by atoms with Crippen LogP contribution in [-0.4, -0.2) is 90.1 Å². The van der Waals surface area contributed by atoms with Crippen LogP contribution in [-0.2, 0) is 9.59 Å². The number of hydrogen-bond acceptors (Lipinski definition) is 11. The number of halogens is 3. The van der Waals surface area contributed by atoms with Crippen LogP contribution in [0.4, 0.5) is 24.5 Å². The fourth-order valence-electron chi connectivity index (χ4n) is 5.56. The molecule has 51 heavy (non-hydrogen) atoms. The maximum atomic E-state index is 14.7. The molecule has 0 fully saturated rings. The van der Waals surface area contributed by atoms with Crippen molar-refractivity contribution >= 4 is 34.3 Å². The Bertz CT molecular complexity index is 2110. The van der Waals surface area contributed by atoms with Gasteiger partial charge in [-0.2, -0.15) is 0 Å². The number of aliphatic hydroxyl groups excluding tert-OH is 2. The van der Waals surface area contributed by atoms with E-state index in [1.807, 2.05) is 0 Å². The summed E-state index contributed by atoms with van der Waals surface area (Å²) in [6.07, 6.45) is 0. The van der Waals surface area contributed by atoms with E-state index in [1.165, 1.54) is 34.1 Å². The van der Waals surface area contributed by atoms with Crippen molar-refractivity contribution in [2.75, 3.05) is 62.4 Å². The Morgan fingerprint density at radius 3 is 1.92 bits per heavy atom. The van der Waals surface area contributed by atoms with Crippen molar-refractivity contribution in [1.82, 2.24) is 0 Å². The summed E-state index contributed by atoms with van der Waals surface area (Å²) in [5, 5.41) is 48.1. The van der Waals surface area contributed by atoms with Gasteiger partial charge >= 0.3 is 11.9 Å². The molecule has 1 aliphatic carbocycles. The zero-order valence-electron chi connectivity index (χ0n) is 26.6. The zero-order valence-corrected chi connectivity index (χ0v) is 26.6. The Kier molecular flexibility index (Phi) is 11.2. The molecule has 0 bridgehead atoms. The van der Waals surface area contributed by atoms with Crippen LogP contribution in [0.3, 0.4) is 0 Å². The van der Waals surface area contributed by atoms with Crippen molar-refractivity contribution in [2.45, 2.75) is 0 Å². The van der Waals surface area contributed by atoms with Crippen LogP contribution >= 0.6 is 0 Å². The molecular formula is C35H31F3N2O11. The second-order valence-electron chi connectivity index (χ2n) is 11.1. The molecule has 0 aromatic heterocycles. The zero-order chi connectivity index (χ0) is 36.8. The van der Waals surface area contributed by atoms with E-state index in [-0.39, 0.29) is 82.6 Å². The molecule has 0 saturated carbocycles. The van der Waals surface area contributed by atoms with Crippen molar-refractivity contribution in [3.8, 4) is 39.7 Å². The number of phenols is 1. The summed E-state index contributed by atoms with van der Waals surface area (Å²) in [5.41, 5.74) is -0.121. The van der Waals surface area contributed by atoms with Gasteiger partial charge < -0.3 is 49.2 Å². The average Bonchev–Trinajstić information content (AvgIpc) is 3.06. The van der Waals surface area contributed by atoms with E-state index in [0.717, 1.165) is 36.4 Å². The summed E-state index contributed by atoms with van der Waals surface area (Å²) in [6.45, 7) is -2.63. The highest BCUT2D eigenvalue weighted by Crippen LogP contribution is 2.44. The minimum absolute atomic E-state index is 0.0281. The quantitative estimate of drug-likeness (QED) is 0.0732. The Morgan fingerprint density at radius 2 is 1.33 bits per heavy atom. The van der Waals surface area contributed by atoms with Gasteiger partial charge in [-0.05, 0) is 42.0 Å². The highest BCUT2D eigenvalue weighted by Gasteiger charge is 2.24. The molecule has 0 amide bonds. The van der Waals surface area contributed by atoms with Gasteiger partial charge in [0.15, 0.2) is 17.4 Å². The van der Waals surface area contributed by atoms with Crippen LogP contribution < -0.4 is 24.7 Å². The fraction of sp³-hybridized carbons (Fsp3) is 0.229. The first-order valence-electron chi connectivity index (χ1n) is 15.3. The second kappa shape index (κ2) is 15.7. The van der Waals surface area contributed by atoms with Crippen molar-refractivity contribution < 1.29 is 62.2 Å². The molecule has 0 atom stereocenters. The number of benzene rings is 4. The monoisotopic (exact) mass is 712 g/mol. The van der Waals surface area contributed by atoms with E-state index in [0.29, 0.717) is 0 Å². The van der Waals surface area contributed by atoms with Gasteiger partial charge in [0.1, 0.15) is 55.0 Å². The third-order valence-corrected chi connectivity index (χ3v) is 7.68. The molecule has 0 saturated heterocycles. The number of rotatable bonds is 16. The number of aromatic hydroxyl groups is 1. The van der Waals surface area contributed by atoms with E-state index in [1.54, 1.807) is 0 Å². The first kappa shape index (κ1) is 36.3. The van der Waals surface area contributed by atoms with Gasteiger partial charge in [0.05, 0.1) is 24.6 Å². The number of aliphatic carboxylic acids is 2. The summed E-state index contributed by atoms with van der Waals surface area (Å²) in [6, 6.07) is 11.6. The summed E-state index contributed by atoms with van der Waals surface area (Å²) in [4.78, 5) is 37.9. The van der Waals surface area contributed by atoms with Gasteiger partial charge in [-0.1, -0.05) is 6.07 Å². The van der Waals surface area contributed by atoms with Gasteiger partial charge in [0.2, 0.25) is 5.43 Å². The molecule has 268 valence electrons. The molecule has 0 unspecified atom stereocenters. The van der Waals surface area contributed by atoms with Crippen LogP contribution in [0.15, 0.2) is 69.9 Å². The summed E-state index contributed by atoms with van der Waals surface area (Å²) in [7, 11) is 0. The second-order valence-corrected chi connectivity index (χ2v) is 11.1. The normalized spacial score (nSPS) is 11.2. The molecule has 5 rings (SSSR count). The Morgan fingerprint density at radius 1 is 0.745 bits per heavy atom. The number of carboxylic acid groups (broad SMARTS) is 2. The molecule has 2 aliphatic rings. The molecule has 5 N–H and O–H groups in total. The Balaban J connectivity index is 1.56. The molecule has 1 aliphatic heterocycles. The maximum absolute atomic E-state index is 14.7. The highest BCUT2D eigenvalue weighted by molar-refractivity contribution is 6.02. The number of nitrogens with zero attached hydrogens (tertiary/aromatic N) is 2. The lowest BCUT2D eigenvalue weighted by molar-refractivity contribution is -0.136. The molecule has 0 radical (unpaired) electrons. The summed E-state index contributed by atoms with van der Waals surface area (Å²) >= 11 is 0. The molecule has 3 aromatic rings. The topological polar surface area (TPSA) is 190 Å². The highest BCUT2D eigenvalue weighted by atomic mass is 19.1. The van der Waals surface area contributed by atoms with Crippen molar-refractivity contribution in [1.29, 1.82) is 0 Å². The van der Waals surface area contributed by atoms with E-state index < -0.39 is 66.9 Å². The van der Waals surface area contributed by atoms with E-state index in [4.69, 9.17) is 13.9 Å². The van der Waals surface area contributed by atoms with Gasteiger partial charge in [-0.15, -0.1) is 0 Å². The van der Waals surface area contributed by atoms with Gasteiger partial charge in [-0.25, -0.2) is 13.2 Å². The van der Waals surface area contributed by atoms with Gasteiger partial charge in [0.25, 0.3) is 0 Å². The lowest BCUT2D eigenvalue weighted by Gasteiger charge is -2.26. The summed E-state index contributed by atoms with van der Waals surface area (Å²) < 4.78 is 61.1. The molecule has 3 aromatic carbocycles. The third kappa shape index (κ3) is 8.25. The van der Waals surface area contributed by atoms with Gasteiger partial charge in [-0.3, -0.25) is 14.4 Å². The first-order valence-corrected chi connectivity index (χ1v) is 15.3. The smallest absolute Gasteiger partial charge is 0.323 e. The number of aliphatic hydroxyl groups is 2. The Hall–Kier alpha value is -6.00. The Labute approximate surface area is 286 Å². The van der Waals surface area contributed by atoms with Crippen LogP contribution in [0.2, 0.25) is 0 Å². The molecular weight excluding hydrogens is 681 g/mol. The first-order chi connectivity index (χ1) is 24.4. The minimum Gasteiger partial charge on any atom is -0.505 e. The summed E-state index contributed by atoms with van der Waals surface area (Å²) in [5.74, 6) is -6.08. The number of phenolic OH excluding ortho intramolecular Hbond substituents is 1. The predicted octanol–water partition coefficient (Wildman–Crippen LogP) is 3.91. The fourth-order valence-corrected chi connectivity index (χ4v) is 5.56. The lowest BCUT2D eigenvalue weighted by atomic mass is 9.93. The standard InChI is InChI=1S/C35H31F3N2O11/c36-20-2-4-26(40(6-8-42)18-34(47)48)32(12-20)50-10-9-49-31-11-19(1-3-25(31)39(5-7-41)17-33(45)46)35-21-13-23(37)27(43)15-29(21)51-30-16-28(44)24(38)14-22(30)35/h1-4,11-16,41-43H,5-10,17-18H2,(H,45,46)(H,47,48). The third-order valence-electron chi connectivity index (χ3n) is 7.68. The van der Waals surface area contributed by atoms with E-state index >= 15 is 0 Å². The van der Waals surface area contributed by atoms with Crippen LogP contribution in [0, 0.1) is 17.5 Å². The number of hydrogen-bond donors (Lipinski definition) is 5. The van der Waals surface area contributed by atoms with E-state index in [2.05, 4.69) is 0 Å². The number of carboxylic acids is 2. The molecule has 1 heterocycles. The molecule has 16 heteroatoms. The van der Waals surface area contributed by atoms with Crippen LogP contribution in [0.1, 0.15) is 0 Å². The molecule has 13 nitrogen and oxygen atoms in total. The SMILES string of the molecule is O=C(O)CN(CCO)c1ccc(F)cc1OCCOc1cc(-c2c3cc(F)c(=O)cc-3oc3cc(O)c(F)cc23)ccc1N(CCO)CC(=O)O.